The second kappa shape index (κ2) is 17.2. The van der Waals surface area contributed by atoms with Crippen LogP contribution in [0.25, 0.3) is 0 Å². The standard InChI is InChI=1S/C36H35ClF3N7O7/c1-52-26-5-3-4-21(18-26)19-28(48)30(50)41-17-14-27(31(51)53-2)43-29(49)22-6-12-25(13-7-22)42-32-44-33(46-34(45-32)54-20-36(38,39)40)47-35(15-16-35)23-8-10-24(37)11-9-23/h3-13,18,27H,14-17,19-20H2,1-2H3,(H,41,50)(H,43,49)(H2,42,44,45,46,47)/t27-/m0/s1. The number of rotatable bonds is 17. The van der Waals surface area contributed by atoms with Crippen LogP contribution in [0, 0.1) is 0 Å². The third-order valence-corrected chi connectivity index (χ3v) is 8.39. The van der Waals surface area contributed by atoms with Crippen molar-refractivity contribution in [3.63, 3.8) is 0 Å². The molecule has 54 heavy (non-hydrogen) atoms. The minimum absolute atomic E-state index is 0.0283. The molecule has 284 valence electrons. The predicted molar refractivity (Wildman–Crippen MR) is 190 cm³/mol. The van der Waals surface area contributed by atoms with E-state index in [0.717, 1.165) is 12.7 Å². The van der Waals surface area contributed by atoms with Crippen LogP contribution in [-0.4, -0.2) is 78.1 Å². The van der Waals surface area contributed by atoms with Crippen LogP contribution >= 0.6 is 11.6 Å². The van der Waals surface area contributed by atoms with Gasteiger partial charge in [-0.1, -0.05) is 35.9 Å². The smallest absolute Gasteiger partial charge is 0.422 e. The Kier molecular flexibility index (Phi) is 12.5. The molecular formula is C36H35ClF3N7O7. The van der Waals surface area contributed by atoms with Crippen molar-refractivity contribution in [2.24, 2.45) is 0 Å². The molecule has 1 aromatic heterocycles. The number of anilines is 3. The van der Waals surface area contributed by atoms with Crippen molar-refractivity contribution in [3.8, 4) is 11.8 Å². The molecule has 1 saturated carbocycles. The lowest BCUT2D eigenvalue weighted by atomic mass is 10.1. The number of ketones is 1. The molecule has 0 spiro atoms. The largest absolute Gasteiger partial charge is 0.497 e. The molecule has 1 heterocycles. The zero-order valence-corrected chi connectivity index (χ0v) is 29.7. The number of amides is 2. The van der Waals surface area contributed by atoms with Crippen molar-refractivity contribution in [1.82, 2.24) is 25.6 Å². The van der Waals surface area contributed by atoms with Gasteiger partial charge in [-0.15, -0.1) is 0 Å². The van der Waals surface area contributed by atoms with Gasteiger partial charge < -0.3 is 35.5 Å². The number of hydrogen-bond acceptors (Lipinski definition) is 12. The number of nitrogens with zero attached hydrogens (tertiary/aromatic N) is 3. The summed E-state index contributed by atoms with van der Waals surface area (Å²) in [5.41, 5.74) is 1.42. The Morgan fingerprint density at radius 3 is 2.28 bits per heavy atom. The van der Waals surface area contributed by atoms with Crippen LogP contribution in [0.2, 0.25) is 5.02 Å². The zero-order valence-electron chi connectivity index (χ0n) is 29.0. The Balaban J connectivity index is 1.20. The normalized spacial score (nSPS) is 13.5. The van der Waals surface area contributed by atoms with E-state index in [0.29, 0.717) is 34.9 Å². The second-order valence-electron chi connectivity index (χ2n) is 12.1. The fourth-order valence-corrected chi connectivity index (χ4v) is 5.34. The molecule has 1 atom stereocenters. The van der Waals surface area contributed by atoms with Crippen molar-refractivity contribution < 1.29 is 46.6 Å². The van der Waals surface area contributed by atoms with Gasteiger partial charge in [-0.2, -0.15) is 28.1 Å². The Morgan fingerprint density at radius 2 is 1.63 bits per heavy atom. The van der Waals surface area contributed by atoms with Gasteiger partial charge in [-0.05, 0) is 78.9 Å². The first-order valence-electron chi connectivity index (χ1n) is 16.5. The van der Waals surface area contributed by atoms with Crippen molar-refractivity contribution in [2.75, 3.05) is 38.0 Å². The van der Waals surface area contributed by atoms with E-state index in [4.69, 9.17) is 25.8 Å². The highest BCUT2D eigenvalue weighted by Crippen LogP contribution is 2.48. The average molecular weight is 770 g/mol. The number of nitrogens with one attached hydrogen (secondary N) is 4. The number of methoxy groups -OCH3 is 2. The predicted octanol–water partition coefficient (Wildman–Crippen LogP) is 4.91. The number of ether oxygens (including phenoxy) is 3. The van der Waals surface area contributed by atoms with E-state index in [1.807, 2.05) is 12.1 Å². The average Bonchev–Trinajstić information content (AvgIpc) is 3.93. The molecule has 18 heteroatoms. The number of benzene rings is 3. The van der Waals surface area contributed by atoms with Crippen LogP contribution in [0.4, 0.5) is 30.8 Å². The topological polar surface area (TPSA) is 183 Å². The number of hydrogen-bond donors (Lipinski definition) is 4. The maximum Gasteiger partial charge on any atom is 0.422 e. The minimum Gasteiger partial charge on any atom is -0.497 e. The third-order valence-electron chi connectivity index (χ3n) is 8.14. The van der Waals surface area contributed by atoms with Gasteiger partial charge in [0.2, 0.25) is 17.7 Å². The summed E-state index contributed by atoms with van der Waals surface area (Å²) in [4.78, 5) is 62.7. The summed E-state index contributed by atoms with van der Waals surface area (Å²) in [7, 11) is 2.63. The molecule has 5 rings (SSSR count). The summed E-state index contributed by atoms with van der Waals surface area (Å²) in [5.74, 6) is -2.60. The second-order valence-corrected chi connectivity index (χ2v) is 12.6. The molecule has 14 nitrogen and oxygen atoms in total. The van der Waals surface area contributed by atoms with E-state index in [-0.39, 0.29) is 36.8 Å². The SMILES string of the molecule is COC(=O)[C@H](CCNC(=O)C(=O)Cc1cccc(OC)c1)NC(=O)c1ccc(Nc2nc(NC3(c4ccc(Cl)cc4)CC3)nc(OCC(F)(F)F)n2)cc1. The molecule has 0 unspecified atom stereocenters. The van der Waals surface area contributed by atoms with E-state index in [1.165, 1.54) is 31.4 Å². The quantitative estimate of drug-likeness (QED) is 0.0843. The molecule has 4 aromatic rings. The maximum absolute atomic E-state index is 13.1. The first-order chi connectivity index (χ1) is 25.8. The van der Waals surface area contributed by atoms with E-state index in [9.17, 15) is 32.3 Å². The van der Waals surface area contributed by atoms with E-state index in [1.54, 1.807) is 36.4 Å². The molecule has 1 aliphatic rings. The molecule has 0 radical (unpaired) electrons. The fraction of sp³-hybridized carbons (Fsp3) is 0.306. The van der Waals surface area contributed by atoms with Gasteiger partial charge in [0.25, 0.3) is 11.8 Å². The summed E-state index contributed by atoms with van der Waals surface area (Å²) in [6, 6.07) is 17.9. The molecule has 3 aromatic carbocycles. The Hall–Kier alpha value is -5.97. The van der Waals surface area contributed by atoms with Gasteiger partial charge in [-0.3, -0.25) is 14.4 Å². The Morgan fingerprint density at radius 1 is 0.926 bits per heavy atom. The lowest BCUT2D eigenvalue weighted by Crippen LogP contribution is -2.44. The highest BCUT2D eigenvalue weighted by Gasteiger charge is 2.45. The molecular weight excluding hydrogens is 735 g/mol. The van der Waals surface area contributed by atoms with E-state index < -0.39 is 53.9 Å². The first kappa shape index (κ1) is 39.2. The van der Waals surface area contributed by atoms with Gasteiger partial charge in [0.1, 0.15) is 11.8 Å². The van der Waals surface area contributed by atoms with Gasteiger partial charge in [0, 0.05) is 29.2 Å². The van der Waals surface area contributed by atoms with E-state index >= 15 is 0 Å². The fourth-order valence-electron chi connectivity index (χ4n) is 5.22. The van der Waals surface area contributed by atoms with Gasteiger partial charge in [-0.25, -0.2) is 4.79 Å². The number of carbonyl (C=O) groups excluding carboxylic acids is 4. The highest BCUT2D eigenvalue weighted by molar-refractivity contribution is 6.36. The molecule has 4 N–H and O–H groups in total. The summed E-state index contributed by atoms with van der Waals surface area (Å²) in [5, 5.41) is 11.6. The first-order valence-corrected chi connectivity index (χ1v) is 16.8. The van der Waals surface area contributed by atoms with Crippen LogP contribution < -0.4 is 30.7 Å². The number of alkyl halides is 3. The van der Waals surface area contributed by atoms with Crippen LogP contribution in [0.15, 0.2) is 72.8 Å². The van der Waals surface area contributed by atoms with Crippen LogP contribution in [0.3, 0.4) is 0 Å². The van der Waals surface area contributed by atoms with Crippen LogP contribution in [-0.2, 0) is 31.1 Å². The van der Waals surface area contributed by atoms with Crippen molar-refractivity contribution in [2.45, 2.75) is 43.4 Å². The maximum atomic E-state index is 13.1. The molecule has 0 aliphatic heterocycles. The van der Waals surface area contributed by atoms with Crippen LogP contribution in [0.1, 0.15) is 40.7 Å². The number of Topliss-reactive ketones (excluding diaryl/α,β-unsaturated/α-hetero) is 1. The van der Waals surface area contributed by atoms with E-state index in [2.05, 4.69) is 36.2 Å². The van der Waals surface area contributed by atoms with Crippen molar-refractivity contribution >= 4 is 52.8 Å². The summed E-state index contributed by atoms with van der Waals surface area (Å²) in [6.07, 6.45) is -3.45. The molecule has 0 bridgehead atoms. The lowest BCUT2D eigenvalue weighted by Gasteiger charge is -2.19. The molecule has 2 amide bonds. The minimum atomic E-state index is -4.64. The lowest BCUT2D eigenvalue weighted by molar-refractivity contribution is -0.154. The Labute approximate surface area is 312 Å². The third kappa shape index (κ3) is 11.0. The van der Waals surface area contributed by atoms with Crippen molar-refractivity contribution in [1.29, 1.82) is 0 Å². The Bertz CT molecular complexity index is 1980. The molecule has 0 saturated heterocycles. The van der Waals surface area contributed by atoms with Gasteiger partial charge in [0.15, 0.2) is 6.61 Å². The van der Waals surface area contributed by atoms with Crippen molar-refractivity contribution in [3.05, 3.63) is 94.5 Å². The summed E-state index contributed by atoms with van der Waals surface area (Å²) < 4.78 is 53.6. The summed E-state index contributed by atoms with van der Waals surface area (Å²) in [6.45, 7) is -1.74. The monoisotopic (exact) mass is 769 g/mol. The van der Waals surface area contributed by atoms with Gasteiger partial charge in [0.05, 0.1) is 19.8 Å². The highest BCUT2D eigenvalue weighted by atomic mass is 35.5. The zero-order chi connectivity index (χ0) is 38.9. The molecule has 1 fully saturated rings. The number of halogens is 4. The summed E-state index contributed by atoms with van der Waals surface area (Å²) >= 11 is 6.03. The number of carbonyl (C=O) groups is 4. The molecule has 1 aliphatic carbocycles. The van der Waals surface area contributed by atoms with Gasteiger partial charge >= 0.3 is 18.2 Å². The number of esters is 1. The number of aromatic nitrogens is 3. The van der Waals surface area contributed by atoms with Crippen LogP contribution in [0.5, 0.6) is 11.8 Å².